The molecule has 0 aromatic heterocycles. The van der Waals surface area contributed by atoms with Gasteiger partial charge in [-0.2, -0.15) is 0 Å². The van der Waals surface area contributed by atoms with Crippen molar-refractivity contribution in [2.75, 3.05) is 0 Å². The Morgan fingerprint density at radius 1 is 1.44 bits per heavy atom. The number of amides is 1. The molecule has 18 heavy (non-hydrogen) atoms. The van der Waals surface area contributed by atoms with Crippen LogP contribution in [0.4, 0.5) is 0 Å². The first-order valence-corrected chi connectivity index (χ1v) is 5.76. The molecule has 0 radical (unpaired) electrons. The van der Waals surface area contributed by atoms with Crippen LogP contribution in [0.5, 0.6) is 11.5 Å². The SMILES string of the molecule is CCC(N)C(=O)NNCc1ccc(O)c(O)c1C. The van der Waals surface area contributed by atoms with Crippen LogP contribution in [0.1, 0.15) is 24.5 Å². The molecule has 0 saturated carbocycles. The number of aromatic hydroxyl groups is 2. The monoisotopic (exact) mass is 253 g/mol. The predicted octanol–water partition coefficient (Wildman–Crippen LogP) is 0.264. The summed E-state index contributed by atoms with van der Waals surface area (Å²) in [5.41, 5.74) is 12.1. The number of phenols is 2. The molecular formula is C12H19N3O3. The van der Waals surface area contributed by atoms with Gasteiger partial charge < -0.3 is 15.9 Å². The van der Waals surface area contributed by atoms with Crippen LogP contribution in [0.25, 0.3) is 0 Å². The average molecular weight is 253 g/mol. The summed E-state index contributed by atoms with van der Waals surface area (Å²) in [6, 6.07) is 2.54. The Balaban J connectivity index is 2.55. The number of phenolic OH excluding ortho intramolecular Hbond substituents is 2. The fraction of sp³-hybridized carbons (Fsp3) is 0.417. The van der Waals surface area contributed by atoms with Gasteiger partial charge in [-0.3, -0.25) is 10.2 Å². The lowest BCUT2D eigenvalue weighted by Gasteiger charge is -2.13. The molecule has 0 aliphatic carbocycles. The molecule has 6 nitrogen and oxygen atoms in total. The second-order valence-electron chi connectivity index (χ2n) is 4.07. The van der Waals surface area contributed by atoms with Gasteiger partial charge >= 0.3 is 0 Å². The Hall–Kier alpha value is -1.79. The lowest BCUT2D eigenvalue weighted by atomic mass is 10.1. The molecule has 0 aliphatic heterocycles. The van der Waals surface area contributed by atoms with Crippen molar-refractivity contribution in [3.63, 3.8) is 0 Å². The van der Waals surface area contributed by atoms with E-state index in [2.05, 4.69) is 10.9 Å². The quantitative estimate of drug-likeness (QED) is 0.382. The smallest absolute Gasteiger partial charge is 0.250 e. The zero-order valence-corrected chi connectivity index (χ0v) is 10.5. The minimum absolute atomic E-state index is 0.147. The van der Waals surface area contributed by atoms with Crippen LogP contribution in [0.3, 0.4) is 0 Å². The summed E-state index contributed by atoms with van der Waals surface area (Å²) in [6.07, 6.45) is 0.562. The van der Waals surface area contributed by atoms with Crippen LogP contribution in [0.2, 0.25) is 0 Å². The van der Waals surface area contributed by atoms with Gasteiger partial charge in [0.25, 0.3) is 5.91 Å². The lowest BCUT2D eigenvalue weighted by molar-refractivity contribution is -0.123. The Labute approximate surface area is 106 Å². The minimum atomic E-state index is -0.535. The van der Waals surface area contributed by atoms with Crippen molar-refractivity contribution in [2.24, 2.45) is 5.73 Å². The predicted molar refractivity (Wildman–Crippen MR) is 67.8 cm³/mol. The third kappa shape index (κ3) is 3.35. The Morgan fingerprint density at radius 3 is 2.72 bits per heavy atom. The molecule has 0 fully saturated rings. The topological polar surface area (TPSA) is 108 Å². The molecule has 1 unspecified atom stereocenters. The molecule has 1 aromatic rings. The first-order chi connectivity index (χ1) is 8.47. The molecule has 0 heterocycles. The number of hydrazine groups is 1. The van der Waals surface area contributed by atoms with E-state index in [4.69, 9.17) is 5.73 Å². The normalized spacial score (nSPS) is 12.2. The average Bonchev–Trinajstić information content (AvgIpc) is 2.37. The maximum atomic E-state index is 11.4. The van der Waals surface area contributed by atoms with Gasteiger partial charge in [0.15, 0.2) is 11.5 Å². The number of hydrogen-bond acceptors (Lipinski definition) is 5. The number of benzene rings is 1. The maximum Gasteiger partial charge on any atom is 0.250 e. The molecule has 6 N–H and O–H groups in total. The van der Waals surface area contributed by atoms with Gasteiger partial charge in [-0.15, -0.1) is 0 Å². The van der Waals surface area contributed by atoms with E-state index in [0.717, 1.165) is 5.56 Å². The van der Waals surface area contributed by atoms with Gasteiger partial charge in [0, 0.05) is 6.54 Å². The highest BCUT2D eigenvalue weighted by Gasteiger charge is 2.11. The van der Waals surface area contributed by atoms with Gasteiger partial charge in [0.2, 0.25) is 0 Å². The minimum Gasteiger partial charge on any atom is -0.504 e. The van der Waals surface area contributed by atoms with Gasteiger partial charge in [0.05, 0.1) is 6.04 Å². The van der Waals surface area contributed by atoms with Crippen molar-refractivity contribution in [3.05, 3.63) is 23.3 Å². The van der Waals surface area contributed by atoms with Crippen molar-refractivity contribution in [3.8, 4) is 11.5 Å². The van der Waals surface area contributed by atoms with Crippen LogP contribution in [0.15, 0.2) is 12.1 Å². The number of nitrogens with one attached hydrogen (secondary N) is 2. The third-order valence-corrected chi connectivity index (χ3v) is 2.79. The van der Waals surface area contributed by atoms with Crippen LogP contribution in [-0.4, -0.2) is 22.2 Å². The van der Waals surface area contributed by atoms with Crippen LogP contribution in [-0.2, 0) is 11.3 Å². The van der Waals surface area contributed by atoms with E-state index in [-0.39, 0.29) is 17.4 Å². The fourth-order valence-corrected chi connectivity index (χ4v) is 1.42. The van der Waals surface area contributed by atoms with Crippen molar-refractivity contribution in [2.45, 2.75) is 32.9 Å². The van der Waals surface area contributed by atoms with Crippen molar-refractivity contribution in [1.82, 2.24) is 10.9 Å². The third-order valence-electron chi connectivity index (χ3n) is 2.79. The van der Waals surface area contributed by atoms with E-state index in [1.165, 1.54) is 6.07 Å². The molecule has 0 saturated heterocycles. The lowest BCUT2D eigenvalue weighted by Crippen LogP contribution is -2.46. The largest absolute Gasteiger partial charge is 0.504 e. The summed E-state index contributed by atoms with van der Waals surface area (Å²) in [5, 5.41) is 18.8. The summed E-state index contributed by atoms with van der Waals surface area (Å²) in [4.78, 5) is 11.4. The van der Waals surface area contributed by atoms with Crippen LogP contribution < -0.4 is 16.6 Å². The molecule has 1 atom stereocenters. The number of carbonyl (C=O) groups is 1. The summed E-state index contributed by atoms with van der Waals surface area (Å²) >= 11 is 0. The van der Waals surface area contributed by atoms with Gasteiger partial charge in [-0.05, 0) is 30.5 Å². The maximum absolute atomic E-state index is 11.4. The highest BCUT2D eigenvalue weighted by atomic mass is 16.3. The summed E-state index contributed by atoms with van der Waals surface area (Å²) in [7, 11) is 0. The molecule has 6 heteroatoms. The zero-order valence-electron chi connectivity index (χ0n) is 10.5. The van der Waals surface area contributed by atoms with E-state index in [0.29, 0.717) is 18.5 Å². The van der Waals surface area contributed by atoms with E-state index in [1.807, 2.05) is 6.92 Å². The number of hydrogen-bond donors (Lipinski definition) is 5. The second kappa shape index (κ2) is 6.23. The molecule has 1 rings (SSSR count). The van der Waals surface area contributed by atoms with Gasteiger partial charge in [0.1, 0.15) is 0 Å². The fourth-order valence-electron chi connectivity index (χ4n) is 1.42. The molecule has 0 bridgehead atoms. The standard InChI is InChI=1S/C12H19N3O3/c1-3-9(13)12(18)15-14-6-8-4-5-10(16)11(17)7(8)2/h4-5,9,14,16-17H,3,6,13H2,1-2H3,(H,15,18). The zero-order chi connectivity index (χ0) is 13.7. The Bertz CT molecular complexity index is 435. The number of nitrogens with two attached hydrogens (primary N) is 1. The van der Waals surface area contributed by atoms with Gasteiger partial charge in [-0.25, -0.2) is 5.43 Å². The van der Waals surface area contributed by atoms with Crippen molar-refractivity contribution >= 4 is 5.91 Å². The Morgan fingerprint density at radius 2 is 2.11 bits per heavy atom. The molecule has 1 amide bonds. The Kier molecular flexibility index (Phi) is 4.94. The number of carbonyl (C=O) groups excluding carboxylic acids is 1. The molecule has 100 valence electrons. The first kappa shape index (κ1) is 14.3. The van der Waals surface area contributed by atoms with Crippen LogP contribution >= 0.6 is 0 Å². The summed E-state index contributed by atoms with van der Waals surface area (Å²) < 4.78 is 0. The van der Waals surface area contributed by atoms with Crippen molar-refractivity contribution in [1.29, 1.82) is 0 Å². The summed E-state index contributed by atoms with van der Waals surface area (Å²) in [6.45, 7) is 3.85. The second-order valence-corrected chi connectivity index (χ2v) is 4.07. The van der Waals surface area contributed by atoms with E-state index in [9.17, 15) is 15.0 Å². The van der Waals surface area contributed by atoms with Crippen molar-refractivity contribution < 1.29 is 15.0 Å². The highest BCUT2D eigenvalue weighted by Crippen LogP contribution is 2.30. The van der Waals surface area contributed by atoms with Gasteiger partial charge in [-0.1, -0.05) is 13.0 Å². The van der Waals surface area contributed by atoms with Crippen LogP contribution in [0, 0.1) is 6.92 Å². The number of rotatable bonds is 5. The summed E-state index contributed by atoms with van der Waals surface area (Å²) in [5.74, 6) is -0.586. The van der Waals surface area contributed by atoms with E-state index < -0.39 is 6.04 Å². The molecule has 1 aromatic carbocycles. The van der Waals surface area contributed by atoms with E-state index >= 15 is 0 Å². The molecular weight excluding hydrogens is 234 g/mol. The first-order valence-electron chi connectivity index (χ1n) is 5.76. The van der Waals surface area contributed by atoms with E-state index in [1.54, 1.807) is 13.0 Å². The molecule has 0 spiro atoms. The highest BCUT2D eigenvalue weighted by molar-refractivity contribution is 5.80. The molecule has 0 aliphatic rings.